The lowest BCUT2D eigenvalue weighted by molar-refractivity contribution is 0.0270. The van der Waals surface area contributed by atoms with Gasteiger partial charge in [-0.2, -0.15) is 0 Å². The van der Waals surface area contributed by atoms with Gasteiger partial charge in [0.15, 0.2) is 23.2 Å². The minimum Gasteiger partial charge on any atom is -0.504 e. The van der Waals surface area contributed by atoms with Crippen LogP contribution in [0.2, 0.25) is 0 Å². The minimum atomic E-state index is -1.22. The van der Waals surface area contributed by atoms with Crippen LogP contribution in [0.4, 0.5) is 20.3 Å². The Kier molecular flexibility index (Phi) is 4.80. The van der Waals surface area contributed by atoms with Crippen molar-refractivity contribution < 1.29 is 23.5 Å². The van der Waals surface area contributed by atoms with Crippen LogP contribution >= 0.6 is 0 Å². The van der Waals surface area contributed by atoms with Crippen molar-refractivity contribution in [2.75, 3.05) is 18.6 Å². The van der Waals surface area contributed by atoms with Gasteiger partial charge in [0, 0.05) is 13.2 Å². The number of pyridine rings is 1. The molecule has 1 fully saturated rings. The first kappa shape index (κ1) is 17.1. The molecular weight excluding hydrogens is 332 g/mol. The van der Waals surface area contributed by atoms with Crippen molar-refractivity contribution in [3.63, 3.8) is 0 Å². The first-order valence-corrected chi connectivity index (χ1v) is 7.77. The van der Waals surface area contributed by atoms with Gasteiger partial charge in [0.2, 0.25) is 0 Å². The van der Waals surface area contributed by atoms with E-state index in [2.05, 4.69) is 10.5 Å². The predicted octanol–water partition coefficient (Wildman–Crippen LogP) is 2.90. The largest absolute Gasteiger partial charge is 0.504 e. The smallest absolute Gasteiger partial charge is 0.277 e. The normalized spacial score (nSPS) is 13.6. The molecule has 0 unspecified atom stereocenters. The van der Waals surface area contributed by atoms with Crippen molar-refractivity contribution in [1.29, 1.82) is 0 Å². The van der Waals surface area contributed by atoms with E-state index in [9.17, 15) is 18.7 Å². The molecule has 8 heteroatoms. The number of aromatic hydroxyl groups is 1. The second-order valence-corrected chi connectivity index (χ2v) is 5.85. The quantitative estimate of drug-likeness (QED) is 0.785. The second-order valence-electron chi connectivity index (χ2n) is 5.85. The van der Waals surface area contributed by atoms with Gasteiger partial charge < -0.3 is 10.0 Å². The minimum absolute atomic E-state index is 0.0139. The third kappa shape index (κ3) is 3.69. The number of aromatic nitrogens is 1. The van der Waals surface area contributed by atoms with Crippen LogP contribution in [0.25, 0.3) is 0 Å². The number of amides is 1. The topological polar surface area (TPSA) is 74.7 Å². The highest BCUT2D eigenvalue weighted by atomic mass is 19.2. The molecule has 1 aliphatic rings. The molecule has 0 atom stereocenters. The molecule has 2 aromatic rings. The van der Waals surface area contributed by atoms with E-state index in [0.29, 0.717) is 12.5 Å². The zero-order valence-corrected chi connectivity index (χ0v) is 13.5. The molecule has 1 aliphatic carbocycles. The highest BCUT2D eigenvalue weighted by molar-refractivity contribution is 6.00. The lowest BCUT2D eigenvalue weighted by Crippen LogP contribution is -2.27. The molecular formula is C17H17F2N3O3. The van der Waals surface area contributed by atoms with Crippen molar-refractivity contribution in [1.82, 2.24) is 10.5 Å². The van der Waals surface area contributed by atoms with Crippen LogP contribution in [-0.4, -0.2) is 29.7 Å². The third-order valence-corrected chi connectivity index (χ3v) is 3.91. The molecule has 1 aromatic carbocycles. The maximum Gasteiger partial charge on any atom is 0.277 e. The van der Waals surface area contributed by atoms with Crippen molar-refractivity contribution in [3.8, 4) is 5.75 Å². The number of benzene rings is 1. The number of nitrogens with one attached hydrogen (secondary N) is 1. The molecule has 0 radical (unpaired) electrons. The van der Waals surface area contributed by atoms with Crippen molar-refractivity contribution in [2.45, 2.75) is 12.8 Å². The van der Waals surface area contributed by atoms with Crippen LogP contribution in [0.3, 0.4) is 0 Å². The third-order valence-electron chi connectivity index (χ3n) is 3.91. The average molecular weight is 349 g/mol. The van der Waals surface area contributed by atoms with Gasteiger partial charge in [0.25, 0.3) is 5.91 Å². The first-order valence-electron chi connectivity index (χ1n) is 7.77. The van der Waals surface area contributed by atoms with Gasteiger partial charge in [-0.3, -0.25) is 9.63 Å². The molecule has 3 rings (SSSR count). The maximum atomic E-state index is 14.4. The summed E-state index contributed by atoms with van der Waals surface area (Å²) in [5.74, 6) is -2.87. The highest BCUT2D eigenvalue weighted by Crippen LogP contribution is 2.34. The molecule has 6 nitrogen and oxygen atoms in total. The van der Waals surface area contributed by atoms with Crippen molar-refractivity contribution >= 4 is 17.4 Å². The van der Waals surface area contributed by atoms with E-state index in [1.165, 1.54) is 25.4 Å². The highest BCUT2D eigenvalue weighted by Gasteiger charge is 2.26. The number of hydroxylamine groups is 1. The van der Waals surface area contributed by atoms with Crippen LogP contribution in [0.1, 0.15) is 23.2 Å². The van der Waals surface area contributed by atoms with Gasteiger partial charge in [0.05, 0.1) is 17.9 Å². The fourth-order valence-corrected chi connectivity index (χ4v) is 2.37. The van der Waals surface area contributed by atoms with Gasteiger partial charge in [-0.1, -0.05) is 0 Å². The van der Waals surface area contributed by atoms with E-state index >= 15 is 0 Å². The zero-order chi connectivity index (χ0) is 18.0. The second kappa shape index (κ2) is 7.02. The first-order chi connectivity index (χ1) is 12.0. The maximum absolute atomic E-state index is 14.4. The lowest BCUT2D eigenvalue weighted by Gasteiger charge is -2.22. The van der Waals surface area contributed by atoms with Crippen LogP contribution < -0.4 is 10.4 Å². The van der Waals surface area contributed by atoms with Crippen LogP contribution in [0.5, 0.6) is 5.75 Å². The number of rotatable bonds is 6. The summed E-state index contributed by atoms with van der Waals surface area (Å²) in [6.45, 7) is 0.377. The number of halogens is 2. The molecule has 0 aliphatic heterocycles. The van der Waals surface area contributed by atoms with Gasteiger partial charge in [-0.25, -0.2) is 19.2 Å². The molecule has 0 bridgehead atoms. The van der Waals surface area contributed by atoms with Crippen molar-refractivity contribution in [2.24, 2.45) is 5.92 Å². The fraction of sp³-hybridized carbons (Fsp3) is 0.294. The van der Waals surface area contributed by atoms with Gasteiger partial charge in [0.1, 0.15) is 0 Å². The zero-order valence-electron chi connectivity index (χ0n) is 13.5. The van der Waals surface area contributed by atoms with Crippen LogP contribution in [0.15, 0.2) is 30.5 Å². The number of carbonyl (C=O) groups is 1. The molecule has 25 heavy (non-hydrogen) atoms. The predicted molar refractivity (Wildman–Crippen MR) is 86.5 cm³/mol. The Hall–Kier alpha value is -2.74. The number of nitrogens with zero attached hydrogens (tertiary/aromatic N) is 2. The molecule has 1 aromatic heterocycles. The molecule has 2 N–H and O–H groups in total. The summed E-state index contributed by atoms with van der Waals surface area (Å²) in [6, 6.07) is 4.86. The van der Waals surface area contributed by atoms with E-state index in [-0.39, 0.29) is 22.8 Å². The van der Waals surface area contributed by atoms with E-state index in [1.807, 2.05) is 0 Å². The number of hydrogen-bond donors (Lipinski definition) is 2. The summed E-state index contributed by atoms with van der Waals surface area (Å²) < 4.78 is 28.1. The summed E-state index contributed by atoms with van der Waals surface area (Å²) in [7, 11) is 1.38. The Labute approximate surface area is 143 Å². The van der Waals surface area contributed by atoms with E-state index in [0.717, 1.165) is 29.9 Å². The van der Waals surface area contributed by atoms with E-state index in [4.69, 9.17) is 4.84 Å². The Morgan fingerprint density at radius 3 is 2.84 bits per heavy atom. The summed E-state index contributed by atoms with van der Waals surface area (Å²) in [5.41, 5.74) is 1.76. The molecule has 0 spiro atoms. The molecule has 132 valence electrons. The number of hydrogen-bond acceptors (Lipinski definition) is 5. The van der Waals surface area contributed by atoms with E-state index < -0.39 is 17.5 Å². The van der Waals surface area contributed by atoms with Crippen molar-refractivity contribution in [3.05, 3.63) is 47.7 Å². The Morgan fingerprint density at radius 1 is 1.40 bits per heavy atom. The molecule has 0 saturated heterocycles. The van der Waals surface area contributed by atoms with Gasteiger partial charge >= 0.3 is 0 Å². The van der Waals surface area contributed by atoms with Gasteiger partial charge in [-0.15, -0.1) is 0 Å². The van der Waals surface area contributed by atoms with E-state index in [1.54, 1.807) is 0 Å². The van der Waals surface area contributed by atoms with Crippen LogP contribution in [-0.2, 0) is 4.84 Å². The summed E-state index contributed by atoms with van der Waals surface area (Å²) in [5, 5.41) is 9.90. The Bertz CT molecular complexity index is 797. The number of carbonyl (C=O) groups excluding carboxylic acids is 1. The summed E-state index contributed by atoms with van der Waals surface area (Å²) in [4.78, 5) is 22.5. The summed E-state index contributed by atoms with van der Waals surface area (Å²) in [6.07, 6.45) is 3.49. The molecule has 1 heterocycles. The SMILES string of the molecule is CN(c1ncccc1O)c1c(C(=O)NOCC2CC2)ccc(F)c1F. The average Bonchev–Trinajstić information content (AvgIpc) is 3.41. The fourth-order valence-electron chi connectivity index (χ4n) is 2.37. The lowest BCUT2D eigenvalue weighted by atomic mass is 10.1. The number of anilines is 2. The Morgan fingerprint density at radius 2 is 2.16 bits per heavy atom. The van der Waals surface area contributed by atoms with Gasteiger partial charge in [-0.05, 0) is 43.0 Å². The molecule has 1 amide bonds. The van der Waals surface area contributed by atoms with Crippen LogP contribution in [0, 0.1) is 17.6 Å². The summed E-state index contributed by atoms with van der Waals surface area (Å²) >= 11 is 0. The monoisotopic (exact) mass is 349 g/mol. The Balaban J connectivity index is 1.91. The standard InChI is InChI=1S/C17H17F2N3O3/c1-22(16-13(23)3-2-8-20-16)15-11(6-7-12(18)14(15)19)17(24)21-25-9-10-4-5-10/h2-3,6-8,10,23H,4-5,9H2,1H3,(H,21,24). The molecule has 1 saturated carbocycles.